The Kier molecular flexibility index (Phi) is 7.14. The molecule has 0 aliphatic carbocycles. The van der Waals surface area contributed by atoms with Crippen molar-refractivity contribution in [2.75, 3.05) is 0 Å². The van der Waals surface area contributed by atoms with E-state index >= 15 is 0 Å². The van der Waals surface area contributed by atoms with Crippen LogP contribution in [0.15, 0.2) is 0 Å². The molecule has 3 atom stereocenters. The summed E-state index contributed by atoms with van der Waals surface area (Å²) in [5.74, 6) is -3.05. The number of nitrogens with two attached hydrogens (primary N) is 2. The Morgan fingerprint density at radius 1 is 1.11 bits per heavy atom. The van der Waals surface area contributed by atoms with Crippen LogP contribution in [-0.2, 0) is 14.4 Å². The van der Waals surface area contributed by atoms with Crippen molar-refractivity contribution in [2.45, 2.75) is 44.7 Å². The monoisotopic (exact) mass is 260 g/mol. The SMILES string of the molecule is CCC(C[C@H](N)C(=O)O)C(=O)[C@@H](N)CCC(=O)O. The molecule has 0 fully saturated rings. The van der Waals surface area contributed by atoms with E-state index in [0.29, 0.717) is 6.42 Å². The van der Waals surface area contributed by atoms with Crippen LogP contribution < -0.4 is 11.5 Å². The summed E-state index contributed by atoms with van der Waals surface area (Å²) in [6.45, 7) is 1.74. The molecule has 0 aliphatic rings. The number of ketones is 1. The molecule has 0 bridgehead atoms. The predicted octanol–water partition coefficient (Wildman–Crippen LogP) is -0.424. The molecule has 0 aromatic rings. The molecule has 0 rings (SSSR count). The summed E-state index contributed by atoms with van der Waals surface area (Å²) in [5, 5.41) is 17.2. The van der Waals surface area contributed by atoms with Crippen molar-refractivity contribution < 1.29 is 24.6 Å². The Labute approximate surface area is 105 Å². The van der Waals surface area contributed by atoms with Crippen molar-refractivity contribution in [3.8, 4) is 0 Å². The highest BCUT2D eigenvalue weighted by Gasteiger charge is 2.27. The maximum Gasteiger partial charge on any atom is 0.320 e. The van der Waals surface area contributed by atoms with E-state index in [9.17, 15) is 14.4 Å². The van der Waals surface area contributed by atoms with Crippen LogP contribution in [0.3, 0.4) is 0 Å². The Bertz CT molecular complexity index is 319. The summed E-state index contributed by atoms with van der Waals surface area (Å²) in [7, 11) is 0. The first kappa shape index (κ1) is 16.5. The van der Waals surface area contributed by atoms with Crippen molar-refractivity contribution in [1.29, 1.82) is 0 Å². The van der Waals surface area contributed by atoms with Gasteiger partial charge in [0.15, 0.2) is 5.78 Å². The summed E-state index contributed by atoms with van der Waals surface area (Å²) in [4.78, 5) is 32.9. The van der Waals surface area contributed by atoms with E-state index in [-0.39, 0.29) is 25.0 Å². The van der Waals surface area contributed by atoms with E-state index < -0.39 is 29.9 Å². The third kappa shape index (κ3) is 5.74. The maximum absolute atomic E-state index is 11.9. The average molecular weight is 260 g/mol. The first-order chi connectivity index (χ1) is 8.29. The molecule has 0 saturated carbocycles. The molecule has 18 heavy (non-hydrogen) atoms. The molecule has 0 heterocycles. The lowest BCUT2D eigenvalue weighted by Gasteiger charge is -2.19. The topological polar surface area (TPSA) is 144 Å². The lowest BCUT2D eigenvalue weighted by Crippen LogP contribution is -2.40. The van der Waals surface area contributed by atoms with Gasteiger partial charge in [-0.05, 0) is 19.3 Å². The van der Waals surface area contributed by atoms with Gasteiger partial charge in [0.2, 0.25) is 0 Å². The van der Waals surface area contributed by atoms with Gasteiger partial charge in [0.05, 0.1) is 6.04 Å². The molecule has 0 saturated heterocycles. The molecule has 104 valence electrons. The van der Waals surface area contributed by atoms with Gasteiger partial charge in [-0.1, -0.05) is 6.92 Å². The molecule has 0 aromatic heterocycles. The summed E-state index contributed by atoms with van der Waals surface area (Å²) in [6, 6.07) is -1.99. The number of carbonyl (C=O) groups excluding carboxylic acids is 1. The largest absolute Gasteiger partial charge is 0.481 e. The molecule has 0 amide bonds. The quantitative estimate of drug-likeness (QED) is 0.440. The summed E-state index contributed by atoms with van der Waals surface area (Å²) < 4.78 is 0. The summed E-state index contributed by atoms with van der Waals surface area (Å²) in [5.41, 5.74) is 11.0. The van der Waals surface area contributed by atoms with Crippen LogP contribution in [-0.4, -0.2) is 40.0 Å². The molecule has 6 N–H and O–H groups in total. The van der Waals surface area contributed by atoms with Crippen LogP contribution in [0.25, 0.3) is 0 Å². The smallest absolute Gasteiger partial charge is 0.320 e. The second kappa shape index (κ2) is 7.78. The van der Waals surface area contributed by atoms with Gasteiger partial charge in [-0.2, -0.15) is 0 Å². The van der Waals surface area contributed by atoms with Crippen molar-refractivity contribution in [1.82, 2.24) is 0 Å². The van der Waals surface area contributed by atoms with E-state index in [4.69, 9.17) is 21.7 Å². The van der Waals surface area contributed by atoms with Gasteiger partial charge in [0, 0.05) is 12.3 Å². The van der Waals surface area contributed by atoms with Gasteiger partial charge in [-0.3, -0.25) is 14.4 Å². The van der Waals surface area contributed by atoms with Gasteiger partial charge < -0.3 is 21.7 Å². The first-order valence-electron chi connectivity index (χ1n) is 5.79. The van der Waals surface area contributed by atoms with E-state index in [1.54, 1.807) is 6.92 Å². The van der Waals surface area contributed by atoms with E-state index in [1.807, 2.05) is 0 Å². The van der Waals surface area contributed by atoms with Gasteiger partial charge in [0.25, 0.3) is 0 Å². The number of carboxylic acids is 2. The molecule has 1 unspecified atom stereocenters. The fourth-order valence-electron chi connectivity index (χ4n) is 1.62. The van der Waals surface area contributed by atoms with Crippen molar-refractivity contribution in [2.24, 2.45) is 17.4 Å². The fraction of sp³-hybridized carbons (Fsp3) is 0.727. The number of hydrogen-bond donors (Lipinski definition) is 4. The van der Waals surface area contributed by atoms with Crippen molar-refractivity contribution in [3.05, 3.63) is 0 Å². The third-order valence-electron chi connectivity index (χ3n) is 2.79. The minimum Gasteiger partial charge on any atom is -0.481 e. The van der Waals surface area contributed by atoms with Gasteiger partial charge in [-0.15, -0.1) is 0 Å². The van der Waals surface area contributed by atoms with Crippen LogP contribution in [0.1, 0.15) is 32.6 Å². The van der Waals surface area contributed by atoms with Crippen molar-refractivity contribution >= 4 is 17.7 Å². The molecular formula is C11H20N2O5. The lowest BCUT2D eigenvalue weighted by molar-refractivity contribution is -0.139. The Balaban J connectivity index is 4.41. The number of carboxylic acid groups (broad SMARTS) is 2. The fourth-order valence-corrected chi connectivity index (χ4v) is 1.62. The molecule has 0 radical (unpaired) electrons. The summed E-state index contributed by atoms with van der Waals surface area (Å²) >= 11 is 0. The molecular weight excluding hydrogens is 240 g/mol. The van der Waals surface area contributed by atoms with Crippen LogP contribution in [0.2, 0.25) is 0 Å². The van der Waals surface area contributed by atoms with Crippen LogP contribution in [0.5, 0.6) is 0 Å². The molecule has 0 aromatic carbocycles. The van der Waals surface area contributed by atoms with Gasteiger partial charge >= 0.3 is 11.9 Å². The van der Waals surface area contributed by atoms with Gasteiger partial charge in [0.1, 0.15) is 6.04 Å². The number of aliphatic carboxylic acids is 2. The van der Waals surface area contributed by atoms with Crippen LogP contribution in [0, 0.1) is 5.92 Å². The first-order valence-corrected chi connectivity index (χ1v) is 5.79. The number of rotatable bonds is 9. The maximum atomic E-state index is 11.9. The minimum absolute atomic E-state index is 0.0193. The summed E-state index contributed by atoms with van der Waals surface area (Å²) in [6.07, 6.45) is 0.313. The Hall–Kier alpha value is -1.47. The predicted molar refractivity (Wildman–Crippen MR) is 63.9 cm³/mol. The highest BCUT2D eigenvalue weighted by molar-refractivity contribution is 5.87. The number of Topliss-reactive ketones (excluding diaryl/α,β-unsaturated/α-hetero) is 1. The molecule has 7 heteroatoms. The standard InChI is InChI=1S/C11H20N2O5/c1-2-6(5-8(13)11(17)18)10(16)7(12)3-4-9(14)15/h6-8H,2-5,12-13H2,1H3,(H,14,15)(H,17,18)/t6?,7-,8-/m0/s1. The highest BCUT2D eigenvalue weighted by atomic mass is 16.4. The molecule has 0 aliphatic heterocycles. The Morgan fingerprint density at radius 3 is 2.06 bits per heavy atom. The van der Waals surface area contributed by atoms with Crippen molar-refractivity contribution in [3.63, 3.8) is 0 Å². The van der Waals surface area contributed by atoms with E-state index in [1.165, 1.54) is 0 Å². The molecule has 0 spiro atoms. The normalized spacial score (nSPS) is 15.7. The van der Waals surface area contributed by atoms with E-state index in [2.05, 4.69) is 0 Å². The Morgan fingerprint density at radius 2 is 1.67 bits per heavy atom. The zero-order chi connectivity index (χ0) is 14.3. The number of carbonyl (C=O) groups is 3. The van der Waals surface area contributed by atoms with E-state index in [0.717, 1.165) is 0 Å². The minimum atomic E-state index is -1.17. The molecule has 7 nitrogen and oxygen atoms in total. The second-order valence-electron chi connectivity index (χ2n) is 4.23. The second-order valence-corrected chi connectivity index (χ2v) is 4.23. The average Bonchev–Trinajstić information content (AvgIpc) is 2.31. The highest BCUT2D eigenvalue weighted by Crippen LogP contribution is 2.15. The number of hydrogen-bond acceptors (Lipinski definition) is 5. The zero-order valence-electron chi connectivity index (χ0n) is 10.3. The lowest BCUT2D eigenvalue weighted by atomic mass is 9.88. The van der Waals surface area contributed by atoms with Gasteiger partial charge in [-0.25, -0.2) is 0 Å². The van der Waals surface area contributed by atoms with Crippen LogP contribution >= 0.6 is 0 Å². The third-order valence-corrected chi connectivity index (χ3v) is 2.79. The zero-order valence-corrected chi connectivity index (χ0v) is 10.3. The van der Waals surface area contributed by atoms with Crippen LogP contribution in [0.4, 0.5) is 0 Å².